The second-order valence-corrected chi connectivity index (χ2v) is 7.77. The number of hydrogen-bond donors (Lipinski definition) is 1. The molecule has 1 aromatic heterocycles. The quantitative estimate of drug-likeness (QED) is 0.388. The van der Waals surface area contributed by atoms with Crippen LogP contribution in [0, 0.1) is 0 Å². The standard InChI is InChI=1S/C23H27N3O5S/c1-5-28-18-13-16(14-19(29-6-2)20(18)30-7-3)22-25-26-23(31-22)24-21(27)15-10-9-11-17(12-15)32-8-4/h9-14H,5-8H2,1-4H3,(H,24,26,27). The van der Waals surface area contributed by atoms with E-state index in [4.69, 9.17) is 18.6 Å². The SMILES string of the molecule is CCOc1cc(-c2nnc(NC(=O)c3cccc(SCC)c3)o2)cc(OCC)c1OCC. The Hall–Kier alpha value is -3.20. The molecule has 0 saturated carbocycles. The van der Waals surface area contributed by atoms with E-state index >= 15 is 0 Å². The number of thioether (sulfide) groups is 1. The minimum atomic E-state index is -0.324. The zero-order valence-corrected chi connectivity index (χ0v) is 19.5. The number of nitrogens with one attached hydrogen (secondary N) is 1. The van der Waals surface area contributed by atoms with Gasteiger partial charge in [-0.25, -0.2) is 0 Å². The fourth-order valence-electron chi connectivity index (χ4n) is 2.97. The van der Waals surface area contributed by atoms with Crippen LogP contribution in [0.25, 0.3) is 11.5 Å². The number of rotatable bonds is 11. The Balaban J connectivity index is 1.85. The summed E-state index contributed by atoms with van der Waals surface area (Å²) in [6, 6.07) is 10.9. The maximum Gasteiger partial charge on any atom is 0.322 e. The highest BCUT2D eigenvalue weighted by atomic mass is 32.2. The van der Waals surface area contributed by atoms with Crippen LogP contribution >= 0.6 is 11.8 Å². The van der Waals surface area contributed by atoms with Crippen molar-refractivity contribution in [3.8, 4) is 28.7 Å². The van der Waals surface area contributed by atoms with Crippen LogP contribution in [0.15, 0.2) is 45.7 Å². The second-order valence-electron chi connectivity index (χ2n) is 6.43. The van der Waals surface area contributed by atoms with E-state index in [1.807, 2.05) is 39.0 Å². The maximum atomic E-state index is 12.6. The Morgan fingerprint density at radius 3 is 2.28 bits per heavy atom. The van der Waals surface area contributed by atoms with Crippen LogP contribution in [-0.2, 0) is 0 Å². The van der Waals surface area contributed by atoms with Crippen molar-refractivity contribution in [2.75, 3.05) is 30.9 Å². The molecule has 32 heavy (non-hydrogen) atoms. The summed E-state index contributed by atoms with van der Waals surface area (Å²) in [6.07, 6.45) is 0. The molecule has 0 saturated heterocycles. The number of benzene rings is 2. The predicted octanol–water partition coefficient (Wildman–Crippen LogP) is 5.30. The molecule has 0 atom stereocenters. The van der Waals surface area contributed by atoms with Crippen LogP contribution in [0.4, 0.5) is 6.01 Å². The third kappa shape index (κ3) is 5.73. The summed E-state index contributed by atoms with van der Waals surface area (Å²) in [4.78, 5) is 13.6. The average molecular weight is 458 g/mol. The van der Waals surface area contributed by atoms with Crippen LogP contribution in [-0.4, -0.2) is 41.7 Å². The summed E-state index contributed by atoms with van der Waals surface area (Å²) in [5, 5.41) is 10.7. The van der Waals surface area contributed by atoms with Gasteiger partial charge in [0.25, 0.3) is 5.91 Å². The van der Waals surface area contributed by atoms with Gasteiger partial charge in [0.2, 0.25) is 11.6 Å². The van der Waals surface area contributed by atoms with Crippen molar-refractivity contribution in [3.63, 3.8) is 0 Å². The molecule has 8 nitrogen and oxygen atoms in total. The van der Waals surface area contributed by atoms with E-state index in [1.165, 1.54) is 0 Å². The first-order chi connectivity index (χ1) is 15.6. The fourth-order valence-corrected chi connectivity index (χ4v) is 3.68. The van der Waals surface area contributed by atoms with E-state index in [-0.39, 0.29) is 17.8 Å². The zero-order chi connectivity index (χ0) is 22.9. The summed E-state index contributed by atoms with van der Waals surface area (Å²) in [5.41, 5.74) is 1.11. The summed E-state index contributed by atoms with van der Waals surface area (Å²) in [6.45, 7) is 9.10. The number of aromatic nitrogens is 2. The van der Waals surface area contributed by atoms with Crippen molar-refractivity contribution >= 4 is 23.7 Å². The lowest BCUT2D eigenvalue weighted by atomic mass is 10.2. The number of anilines is 1. The number of carbonyl (C=O) groups is 1. The highest BCUT2D eigenvalue weighted by Crippen LogP contribution is 2.41. The largest absolute Gasteiger partial charge is 0.490 e. The highest BCUT2D eigenvalue weighted by Gasteiger charge is 2.19. The van der Waals surface area contributed by atoms with Gasteiger partial charge >= 0.3 is 6.01 Å². The van der Waals surface area contributed by atoms with Crippen LogP contribution in [0.2, 0.25) is 0 Å². The minimum absolute atomic E-state index is 0.00310. The van der Waals surface area contributed by atoms with Gasteiger partial charge in [-0.3, -0.25) is 10.1 Å². The predicted molar refractivity (Wildman–Crippen MR) is 124 cm³/mol. The van der Waals surface area contributed by atoms with Crippen LogP contribution < -0.4 is 19.5 Å². The van der Waals surface area contributed by atoms with Gasteiger partial charge in [-0.15, -0.1) is 16.9 Å². The minimum Gasteiger partial charge on any atom is -0.490 e. The molecule has 0 fully saturated rings. The Kier molecular flexibility index (Phi) is 8.38. The third-order valence-corrected chi connectivity index (χ3v) is 5.08. The number of ether oxygens (including phenoxy) is 3. The molecular formula is C23H27N3O5S. The number of nitrogens with zero attached hydrogens (tertiary/aromatic N) is 2. The first-order valence-electron chi connectivity index (χ1n) is 10.5. The first kappa shape index (κ1) is 23.5. The number of amides is 1. The van der Waals surface area contributed by atoms with Crippen molar-refractivity contribution in [2.45, 2.75) is 32.6 Å². The van der Waals surface area contributed by atoms with Crippen LogP contribution in [0.3, 0.4) is 0 Å². The lowest BCUT2D eigenvalue weighted by Gasteiger charge is -2.16. The van der Waals surface area contributed by atoms with E-state index in [9.17, 15) is 4.79 Å². The second kappa shape index (κ2) is 11.4. The lowest BCUT2D eigenvalue weighted by Crippen LogP contribution is -2.12. The Morgan fingerprint density at radius 2 is 1.66 bits per heavy atom. The maximum absolute atomic E-state index is 12.6. The molecule has 0 aliphatic heterocycles. The number of hydrogen-bond acceptors (Lipinski definition) is 8. The molecule has 1 N–H and O–H groups in total. The van der Waals surface area contributed by atoms with E-state index in [2.05, 4.69) is 22.4 Å². The number of carbonyl (C=O) groups excluding carboxylic acids is 1. The van der Waals surface area contributed by atoms with Gasteiger partial charge < -0.3 is 18.6 Å². The molecule has 3 aromatic rings. The molecule has 0 radical (unpaired) electrons. The third-order valence-electron chi connectivity index (χ3n) is 4.21. The van der Waals surface area contributed by atoms with Crippen molar-refractivity contribution < 1.29 is 23.4 Å². The lowest BCUT2D eigenvalue weighted by molar-refractivity contribution is 0.102. The monoisotopic (exact) mass is 457 g/mol. The highest BCUT2D eigenvalue weighted by molar-refractivity contribution is 7.99. The van der Waals surface area contributed by atoms with Crippen LogP contribution in [0.1, 0.15) is 38.1 Å². The van der Waals surface area contributed by atoms with Crippen molar-refractivity contribution in [2.24, 2.45) is 0 Å². The Labute approximate surface area is 191 Å². The normalized spacial score (nSPS) is 10.6. The molecule has 0 aliphatic rings. The zero-order valence-electron chi connectivity index (χ0n) is 18.6. The van der Waals surface area contributed by atoms with Gasteiger partial charge in [0, 0.05) is 16.0 Å². The van der Waals surface area contributed by atoms with Gasteiger partial charge in [-0.1, -0.05) is 18.1 Å². The molecule has 3 rings (SSSR count). The average Bonchev–Trinajstić information content (AvgIpc) is 3.25. The van der Waals surface area contributed by atoms with E-state index in [0.717, 1.165) is 10.6 Å². The van der Waals surface area contributed by atoms with Crippen LogP contribution in [0.5, 0.6) is 17.2 Å². The molecule has 170 valence electrons. The van der Waals surface area contributed by atoms with Gasteiger partial charge in [0.15, 0.2) is 11.5 Å². The van der Waals surface area contributed by atoms with E-state index in [1.54, 1.807) is 30.0 Å². The molecule has 0 spiro atoms. The summed E-state index contributed by atoms with van der Waals surface area (Å²) in [7, 11) is 0. The molecule has 1 amide bonds. The van der Waals surface area contributed by atoms with Gasteiger partial charge in [0.05, 0.1) is 19.8 Å². The van der Waals surface area contributed by atoms with Gasteiger partial charge in [-0.2, -0.15) is 0 Å². The van der Waals surface area contributed by atoms with Gasteiger partial charge in [0.1, 0.15) is 0 Å². The molecule has 2 aromatic carbocycles. The molecule has 0 unspecified atom stereocenters. The molecular weight excluding hydrogens is 430 g/mol. The van der Waals surface area contributed by atoms with E-state index < -0.39 is 0 Å². The Bertz CT molecular complexity index is 1030. The van der Waals surface area contributed by atoms with Crippen molar-refractivity contribution in [1.29, 1.82) is 0 Å². The molecule has 9 heteroatoms. The Morgan fingerprint density at radius 1 is 0.969 bits per heavy atom. The van der Waals surface area contributed by atoms with Crippen molar-refractivity contribution in [3.05, 3.63) is 42.0 Å². The molecule has 0 aliphatic carbocycles. The topological polar surface area (TPSA) is 95.7 Å². The summed E-state index contributed by atoms with van der Waals surface area (Å²) < 4.78 is 22.9. The molecule has 0 bridgehead atoms. The fraction of sp³-hybridized carbons (Fsp3) is 0.348. The van der Waals surface area contributed by atoms with Gasteiger partial charge in [-0.05, 0) is 56.9 Å². The summed E-state index contributed by atoms with van der Waals surface area (Å²) >= 11 is 1.66. The smallest absolute Gasteiger partial charge is 0.322 e. The summed E-state index contributed by atoms with van der Waals surface area (Å²) in [5.74, 6) is 2.38. The molecule has 1 heterocycles. The van der Waals surface area contributed by atoms with E-state index in [0.29, 0.717) is 48.2 Å². The van der Waals surface area contributed by atoms with Crippen molar-refractivity contribution in [1.82, 2.24) is 10.2 Å². The first-order valence-corrected chi connectivity index (χ1v) is 11.5.